The highest BCUT2D eigenvalue weighted by Crippen LogP contribution is 2.46. The zero-order chi connectivity index (χ0) is 19.5. The highest BCUT2D eigenvalue weighted by molar-refractivity contribution is 5.89. The third-order valence-electron chi connectivity index (χ3n) is 5.43. The predicted octanol–water partition coefficient (Wildman–Crippen LogP) is 3.41. The molecule has 0 atom stereocenters. The third kappa shape index (κ3) is 4.29. The van der Waals surface area contributed by atoms with Crippen LogP contribution >= 0.6 is 0 Å². The molecule has 0 radical (unpaired) electrons. The van der Waals surface area contributed by atoms with E-state index < -0.39 is 0 Å². The molecule has 1 aliphatic heterocycles. The molecule has 0 unspecified atom stereocenters. The van der Waals surface area contributed by atoms with E-state index in [0.29, 0.717) is 6.54 Å². The smallest absolute Gasteiger partial charge is 0.319 e. The molecule has 0 bridgehead atoms. The Balaban J connectivity index is 1.90. The molecular weight excluding hydrogens is 326 g/mol. The molecule has 1 heterocycles. The maximum atomic E-state index is 11.7. The molecule has 2 rings (SSSR count). The average Bonchev–Trinajstić information content (AvgIpc) is 2.55. The Hall–Kier alpha value is -2.24. The van der Waals surface area contributed by atoms with Crippen molar-refractivity contribution in [3.63, 3.8) is 0 Å². The molecule has 3 N–H and O–H groups in total. The van der Waals surface area contributed by atoms with Gasteiger partial charge in [-0.1, -0.05) is 26.0 Å². The van der Waals surface area contributed by atoms with E-state index in [1.807, 2.05) is 45.2 Å². The number of urea groups is 1. The van der Waals surface area contributed by atoms with E-state index in [4.69, 9.17) is 0 Å². The molecule has 2 amide bonds. The van der Waals surface area contributed by atoms with Crippen LogP contribution in [0.2, 0.25) is 0 Å². The molecule has 1 aromatic rings. The Morgan fingerprint density at radius 1 is 1.19 bits per heavy atom. The van der Waals surface area contributed by atoms with Crippen LogP contribution in [0.3, 0.4) is 0 Å². The summed E-state index contributed by atoms with van der Waals surface area (Å²) in [5.74, 6) is 0.924. The van der Waals surface area contributed by atoms with Gasteiger partial charge in [-0.2, -0.15) is 0 Å². The standard InChI is InChI=1S/C20H33N5O/c1-14(2)23-18(26)24-16-10-8-15(9-11-16)12-22-17(21-7)25-13-19(3,4)20(25,5)6/h8-11,14H,12-13H2,1-7H3,(H,21,22)(H2,23,24,26). The predicted molar refractivity (Wildman–Crippen MR) is 108 cm³/mol. The number of guanidine groups is 1. The quantitative estimate of drug-likeness (QED) is 0.570. The number of hydrogen-bond acceptors (Lipinski definition) is 2. The second-order valence-corrected chi connectivity index (χ2v) is 8.38. The lowest BCUT2D eigenvalue weighted by Gasteiger charge is -2.62. The van der Waals surface area contributed by atoms with Crippen LogP contribution in [0.1, 0.15) is 47.1 Å². The Bertz CT molecular complexity index is 661. The molecule has 0 spiro atoms. The van der Waals surface area contributed by atoms with E-state index in [9.17, 15) is 4.79 Å². The van der Waals surface area contributed by atoms with Crippen LogP contribution in [0.4, 0.5) is 10.5 Å². The highest BCUT2D eigenvalue weighted by Gasteiger charge is 2.53. The molecule has 6 heteroatoms. The van der Waals surface area contributed by atoms with E-state index in [1.54, 1.807) is 0 Å². The largest absolute Gasteiger partial charge is 0.352 e. The van der Waals surface area contributed by atoms with E-state index >= 15 is 0 Å². The molecule has 1 aliphatic rings. The first kappa shape index (κ1) is 20.1. The van der Waals surface area contributed by atoms with Gasteiger partial charge in [0, 0.05) is 42.8 Å². The lowest BCUT2D eigenvalue weighted by molar-refractivity contribution is -0.0667. The van der Waals surface area contributed by atoms with Crippen LogP contribution < -0.4 is 16.0 Å². The minimum atomic E-state index is -0.186. The molecule has 1 saturated heterocycles. The normalized spacial score (nSPS) is 18.3. The van der Waals surface area contributed by atoms with Crippen molar-refractivity contribution >= 4 is 17.7 Å². The minimum absolute atomic E-state index is 0.0758. The van der Waals surface area contributed by atoms with Gasteiger partial charge in [-0.05, 0) is 45.4 Å². The van der Waals surface area contributed by atoms with Crippen molar-refractivity contribution < 1.29 is 4.79 Å². The second kappa shape index (κ2) is 7.56. The maximum absolute atomic E-state index is 11.7. The average molecular weight is 360 g/mol. The fourth-order valence-electron chi connectivity index (χ4n) is 3.01. The van der Waals surface area contributed by atoms with Crippen molar-refractivity contribution in [3.8, 4) is 0 Å². The van der Waals surface area contributed by atoms with Gasteiger partial charge in [0.05, 0.1) is 0 Å². The monoisotopic (exact) mass is 359 g/mol. The van der Waals surface area contributed by atoms with Crippen LogP contribution in [0, 0.1) is 5.41 Å². The van der Waals surface area contributed by atoms with E-state index in [2.05, 4.69) is 53.5 Å². The Kier molecular flexibility index (Phi) is 5.84. The van der Waals surface area contributed by atoms with Gasteiger partial charge in [0.15, 0.2) is 5.96 Å². The number of carbonyl (C=O) groups is 1. The van der Waals surface area contributed by atoms with Gasteiger partial charge in [-0.25, -0.2) is 4.79 Å². The van der Waals surface area contributed by atoms with Gasteiger partial charge in [-0.3, -0.25) is 4.99 Å². The van der Waals surface area contributed by atoms with Gasteiger partial charge < -0.3 is 20.9 Å². The van der Waals surface area contributed by atoms with Gasteiger partial charge in [0.25, 0.3) is 0 Å². The first-order chi connectivity index (χ1) is 12.1. The Morgan fingerprint density at radius 3 is 2.27 bits per heavy atom. The number of amides is 2. The van der Waals surface area contributed by atoms with Crippen molar-refractivity contribution in [1.82, 2.24) is 15.5 Å². The first-order valence-electron chi connectivity index (χ1n) is 9.21. The number of aliphatic imine (C=N–C) groups is 1. The summed E-state index contributed by atoms with van der Waals surface area (Å²) in [4.78, 5) is 18.5. The lowest BCUT2D eigenvalue weighted by Crippen LogP contribution is -2.72. The van der Waals surface area contributed by atoms with Crippen LogP contribution in [0.15, 0.2) is 29.3 Å². The van der Waals surface area contributed by atoms with Crippen LogP contribution in [-0.2, 0) is 6.54 Å². The zero-order valence-corrected chi connectivity index (χ0v) is 17.1. The summed E-state index contributed by atoms with van der Waals surface area (Å²) in [6.45, 7) is 14.6. The van der Waals surface area contributed by atoms with Crippen molar-refractivity contribution in [3.05, 3.63) is 29.8 Å². The Labute approximate surface area is 157 Å². The molecule has 0 aliphatic carbocycles. The zero-order valence-electron chi connectivity index (χ0n) is 17.1. The molecule has 1 fully saturated rings. The number of hydrogen-bond donors (Lipinski definition) is 3. The van der Waals surface area contributed by atoms with Crippen LogP contribution in [-0.4, -0.2) is 42.1 Å². The molecule has 26 heavy (non-hydrogen) atoms. The number of nitrogens with zero attached hydrogens (tertiary/aromatic N) is 2. The summed E-state index contributed by atoms with van der Waals surface area (Å²) in [5.41, 5.74) is 2.27. The minimum Gasteiger partial charge on any atom is -0.352 e. The third-order valence-corrected chi connectivity index (χ3v) is 5.43. The number of carbonyl (C=O) groups excluding carboxylic acids is 1. The van der Waals surface area contributed by atoms with Gasteiger partial charge in [-0.15, -0.1) is 0 Å². The van der Waals surface area contributed by atoms with E-state index in [0.717, 1.165) is 23.8 Å². The van der Waals surface area contributed by atoms with E-state index in [-0.39, 0.29) is 23.0 Å². The van der Waals surface area contributed by atoms with Crippen molar-refractivity contribution in [2.75, 3.05) is 18.9 Å². The first-order valence-corrected chi connectivity index (χ1v) is 9.21. The van der Waals surface area contributed by atoms with Crippen LogP contribution in [0.5, 0.6) is 0 Å². The van der Waals surface area contributed by atoms with Gasteiger partial charge in [0.2, 0.25) is 0 Å². The number of likely N-dealkylation sites (tertiary alicyclic amines) is 1. The highest BCUT2D eigenvalue weighted by atomic mass is 16.2. The SMILES string of the molecule is CN=C(NCc1ccc(NC(=O)NC(C)C)cc1)N1CC(C)(C)C1(C)C. The van der Waals surface area contributed by atoms with Crippen molar-refractivity contribution in [2.45, 2.75) is 59.7 Å². The summed E-state index contributed by atoms with van der Waals surface area (Å²) in [6, 6.07) is 7.77. The van der Waals surface area contributed by atoms with Crippen LogP contribution in [0.25, 0.3) is 0 Å². The lowest BCUT2D eigenvalue weighted by atomic mass is 9.65. The summed E-state index contributed by atoms with van der Waals surface area (Å²) in [7, 11) is 1.82. The number of rotatable bonds is 4. The topological polar surface area (TPSA) is 68.8 Å². The number of benzene rings is 1. The van der Waals surface area contributed by atoms with Gasteiger partial charge >= 0.3 is 6.03 Å². The Morgan fingerprint density at radius 2 is 1.81 bits per heavy atom. The summed E-state index contributed by atoms with van der Waals surface area (Å²) in [5, 5.41) is 9.08. The summed E-state index contributed by atoms with van der Waals surface area (Å²) >= 11 is 0. The molecule has 0 aromatic heterocycles. The van der Waals surface area contributed by atoms with Gasteiger partial charge in [0.1, 0.15) is 0 Å². The maximum Gasteiger partial charge on any atom is 0.319 e. The second-order valence-electron chi connectivity index (χ2n) is 8.38. The van der Waals surface area contributed by atoms with Crippen molar-refractivity contribution in [2.24, 2.45) is 10.4 Å². The molecule has 1 aromatic carbocycles. The van der Waals surface area contributed by atoms with Crippen molar-refractivity contribution in [1.29, 1.82) is 0 Å². The fraction of sp³-hybridized carbons (Fsp3) is 0.600. The summed E-state index contributed by atoms with van der Waals surface area (Å²) in [6.07, 6.45) is 0. The molecule has 0 saturated carbocycles. The van der Waals surface area contributed by atoms with E-state index in [1.165, 1.54) is 0 Å². The number of anilines is 1. The molecule has 6 nitrogen and oxygen atoms in total. The fourth-order valence-corrected chi connectivity index (χ4v) is 3.01. The summed E-state index contributed by atoms with van der Waals surface area (Å²) < 4.78 is 0. The molecule has 144 valence electrons. The molecular formula is C20H33N5O. The number of nitrogens with one attached hydrogen (secondary N) is 3.